The van der Waals surface area contributed by atoms with Crippen molar-refractivity contribution in [3.05, 3.63) is 15.8 Å². The fourth-order valence-corrected chi connectivity index (χ4v) is 5.79. The van der Waals surface area contributed by atoms with Crippen LogP contribution in [0.1, 0.15) is 56.9 Å². The third-order valence-electron chi connectivity index (χ3n) is 3.67. The zero-order chi connectivity index (χ0) is 15.7. The predicted octanol–water partition coefficient (Wildman–Crippen LogP) is 3.17. The van der Waals surface area contributed by atoms with Crippen LogP contribution in [0.5, 0.6) is 0 Å². The van der Waals surface area contributed by atoms with E-state index in [4.69, 9.17) is 0 Å². The van der Waals surface area contributed by atoms with Crippen molar-refractivity contribution in [2.75, 3.05) is 0 Å². The molecule has 0 saturated heterocycles. The van der Waals surface area contributed by atoms with Gasteiger partial charge in [0, 0.05) is 23.0 Å². The van der Waals surface area contributed by atoms with E-state index in [1.54, 1.807) is 0 Å². The highest BCUT2D eigenvalue weighted by atomic mass is 32.2. The molecule has 1 saturated carbocycles. The van der Waals surface area contributed by atoms with Gasteiger partial charge in [0.25, 0.3) is 0 Å². The molecule has 120 valence electrons. The molecule has 1 aliphatic carbocycles. The van der Waals surface area contributed by atoms with Gasteiger partial charge in [-0.15, -0.1) is 11.3 Å². The Kier molecular flexibility index (Phi) is 5.13. The molecule has 0 aromatic carbocycles. The first kappa shape index (κ1) is 16.9. The van der Waals surface area contributed by atoms with E-state index in [9.17, 15) is 8.42 Å². The first-order valence-corrected chi connectivity index (χ1v) is 9.96. The van der Waals surface area contributed by atoms with Crippen LogP contribution in [0, 0.1) is 6.92 Å². The van der Waals surface area contributed by atoms with Gasteiger partial charge in [-0.25, -0.2) is 13.1 Å². The molecule has 0 unspecified atom stereocenters. The van der Waals surface area contributed by atoms with Crippen LogP contribution in [-0.4, -0.2) is 20.0 Å². The van der Waals surface area contributed by atoms with Gasteiger partial charge in [0.2, 0.25) is 10.0 Å². The Morgan fingerprint density at radius 1 is 1.38 bits per heavy atom. The number of rotatable bonds is 8. The molecule has 0 amide bonds. The maximum Gasteiger partial charge on any atom is 0.242 e. The smallest absolute Gasteiger partial charge is 0.242 e. The molecular formula is C15H26N2O2S2. The lowest BCUT2D eigenvalue weighted by atomic mass is 10.0. The van der Waals surface area contributed by atoms with Gasteiger partial charge in [-0.2, -0.15) is 0 Å². The fraction of sp³-hybridized carbons (Fsp3) is 0.733. The zero-order valence-electron chi connectivity index (χ0n) is 13.3. The highest BCUT2D eigenvalue weighted by molar-refractivity contribution is 7.89. The second-order valence-corrected chi connectivity index (χ2v) is 9.15. The molecule has 0 atom stereocenters. The Hall–Kier alpha value is -0.430. The number of nitrogens with one attached hydrogen (secondary N) is 2. The summed E-state index contributed by atoms with van der Waals surface area (Å²) in [6.07, 6.45) is 4.18. The molecule has 0 aliphatic heterocycles. The lowest BCUT2D eigenvalue weighted by Crippen LogP contribution is -2.43. The summed E-state index contributed by atoms with van der Waals surface area (Å²) in [6, 6.07) is 0.576. The van der Waals surface area contributed by atoms with Crippen LogP contribution in [-0.2, 0) is 16.6 Å². The summed E-state index contributed by atoms with van der Waals surface area (Å²) in [7, 11) is -3.47. The van der Waals surface area contributed by atoms with Gasteiger partial charge in [-0.05, 0) is 51.0 Å². The number of hydrogen-bond acceptors (Lipinski definition) is 4. The van der Waals surface area contributed by atoms with E-state index in [0.717, 1.165) is 23.3 Å². The number of aryl methyl sites for hydroxylation is 1. The molecule has 1 aliphatic rings. The standard InChI is InChI=1S/C15H26N2O2S2/c1-5-8-15(3,4)17-21(18,19)14-11(2)10-20-13(14)9-16-12-6-7-12/h10,12,16-17H,5-9H2,1-4H3. The molecule has 6 heteroatoms. The molecule has 0 bridgehead atoms. The van der Waals surface area contributed by atoms with Crippen LogP contribution in [0.2, 0.25) is 0 Å². The summed E-state index contributed by atoms with van der Waals surface area (Å²) in [5.74, 6) is 0. The Morgan fingerprint density at radius 2 is 2.05 bits per heavy atom. The largest absolute Gasteiger partial charge is 0.309 e. The van der Waals surface area contributed by atoms with Crippen molar-refractivity contribution in [1.82, 2.24) is 10.0 Å². The molecule has 1 heterocycles. The van der Waals surface area contributed by atoms with Gasteiger partial charge >= 0.3 is 0 Å². The van der Waals surface area contributed by atoms with E-state index in [1.165, 1.54) is 24.2 Å². The average molecular weight is 331 g/mol. The van der Waals surface area contributed by atoms with Crippen molar-refractivity contribution in [3.63, 3.8) is 0 Å². The molecule has 4 nitrogen and oxygen atoms in total. The highest BCUT2D eigenvalue weighted by Gasteiger charge is 2.30. The third-order valence-corrected chi connectivity index (χ3v) is 6.83. The van der Waals surface area contributed by atoms with Crippen LogP contribution < -0.4 is 10.0 Å². The molecule has 0 spiro atoms. The molecule has 0 radical (unpaired) electrons. The predicted molar refractivity (Wildman–Crippen MR) is 88.2 cm³/mol. The van der Waals surface area contributed by atoms with E-state index < -0.39 is 15.6 Å². The summed E-state index contributed by atoms with van der Waals surface area (Å²) in [4.78, 5) is 1.39. The minimum atomic E-state index is -3.47. The summed E-state index contributed by atoms with van der Waals surface area (Å²) < 4.78 is 28.4. The summed E-state index contributed by atoms with van der Waals surface area (Å²) in [5.41, 5.74) is 0.427. The SMILES string of the molecule is CCCC(C)(C)NS(=O)(=O)c1c(C)csc1CNC1CC1. The van der Waals surface area contributed by atoms with E-state index >= 15 is 0 Å². The quantitative estimate of drug-likeness (QED) is 0.770. The molecule has 2 rings (SSSR count). The van der Waals surface area contributed by atoms with Gasteiger partial charge in [-0.1, -0.05) is 13.3 Å². The molecule has 21 heavy (non-hydrogen) atoms. The van der Waals surface area contributed by atoms with Crippen LogP contribution >= 0.6 is 11.3 Å². The van der Waals surface area contributed by atoms with Crippen molar-refractivity contribution in [2.24, 2.45) is 0 Å². The lowest BCUT2D eigenvalue weighted by Gasteiger charge is -2.25. The summed E-state index contributed by atoms with van der Waals surface area (Å²) in [6.45, 7) is 8.47. The average Bonchev–Trinajstić information content (AvgIpc) is 3.08. The first-order valence-electron chi connectivity index (χ1n) is 7.59. The van der Waals surface area contributed by atoms with Crippen molar-refractivity contribution in [1.29, 1.82) is 0 Å². The van der Waals surface area contributed by atoms with Crippen molar-refractivity contribution < 1.29 is 8.42 Å². The van der Waals surface area contributed by atoms with E-state index in [-0.39, 0.29) is 0 Å². The number of hydrogen-bond donors (Lipinski definition) is 2. The molecule has 2 N–H and O–H groups in total. The van der Waals surface area contributed by atoms with Gasteiger partial charge in [0.05, 0.1) is 0 Å². The Morgan fingerprint density at radius 3 is 2.62 bits per heavy atom. The Labute approximate surface area is 132 Å². The van der Waals surface area contributed by atoms with Crippen LogP contribution in [0.4, 0.5) is 0 Å². The maximum absolute atomic E-state index is 12.8. The second-order valence-electron chi connectivity index (χ2n) is 6.57. The molecule has 1 aromatic rings. The zero-order valence-corrected chi connectivity index (χ0v) is 15.0. The minimum absolute atomic E-state index is 0.414. The minimum Gasteiger partial charge on any atom is -0.309 e. The van der Waals surface area contributed by atoms with Gasteiger partial charge in [-0.3, -0.25) is 0 Å². The molecule has 1 fully saturated rings. The van der Waals surface area contributed by atoms with E-state index in [0.29, 0.717) is 17.5 Å². The Bertz CT molecular complexity index is 587. The van der Waals surface area contributed by atoms with E-state index in [1.807, 2.05) is 26.2 Å². The van der Waals surface area contributed by atoms with Gasteiger partial charge < -0.3 is 5.32 Å². The third kappa shape index (κ3) is 4.52. The van der Waals surface area contributed by atoms with Crippen molar-refractivity contribution in [3.8, 4) is 0 Å². The molecular weight excluding hydrogens is 304 g/mol. The number of thiophene rings is 1. The number of sulfonamides is 1. The monoisotopic (exact) mass is 330 g/mol. The molecule has 1 aromatic heterocycles. The van der Waals surface area contributed by atoms with Crippen molar-refractivity contribution in [2.45, 2.75) is 76.4 Å². The van der Waals surface area contributed by atoms with Crippen LogP contribution in [0.25, 0.3) is 0 Å². The Balaban J connectivity index is 2.19. The van der Waals surface area contributed by atoms with Crippen LogP contribution in [0.15, 0.2) is 10.3 Å². The normalized spacial score (nSPS) is 16.4. The topological polar surface area (TPSA) is 58.2 Å². The van der Waals surface area contributed by atoms with Crippen molar-refractivity contribution >= 4 is 21.4 Å². The second kappa shape index (κ2) is 6.36. The fourth-order valence-electron chi connectivity index (χ4n) is 2.59. The van der Waals surface area contributed by atoms with Gasteiger partial charge in [0.15, 0.2) is 0 Å². The van der Waals surface area contributed by atoms with E-state index in [2.05, 4.69) is 17.0 Å². The van der Waals surface area contributed by atoms with Crippen LogP contribution in [0.3, 0.4) is 0 Å². The summed E-state index contributed by atoms with van der Waals surface area (Å²) in [5, 5.41) is 5.34. The highest BCUT2D eigenvalue weighted by Crippen LogP contribution is 2.29. The summed E-state index contributed by atoms with van der Waals surface area (Å²) >= 11 is 1.53. The maximum atomic E-state index is 12.8. The first-order chi connectivity index (χ1) is 9.75. The lowest BCUT2D eigenvalue weighted by molar-refractivity contribution is 0.417. The van der Waals surface area contributed by atoms with Gasteiger partial charge in [0.1, 0.15) is 4.90 Å².